The molecule has 0 atom stereocenters. The SMILES string of the molecule is CC(C)COCCCNC(=O)CCc1nc2ccccc2s1. The lowest BCUT2D eigenvalue weighted by molar-refractivity contribution is -0.121. The Kier molecular flexibility index (Phi) is 6.80. The molecule has 4 nitrogen and oxygen atoms in total. The largest absolute Gasteiger partial charge is 0.381 e. The highest BCUT2D eigenvalue weighted by Crippen LogP contribution is 2.22. The number of thiazole rings is 1. The lowest BCUT2D eigenvalue weighted by Crippen LogP contribution is -2.25. The van der Waals surface area contributed by atoms with E-state index in [1.165, 1.54) is 4.70 Å². The molecular formula is C17H24N2O2S. The summed E-state index contributed by atoms with van der Waals surface area (Å²) in [4.78, 5) is 16.3. The highest BCUT2D eigenvalue weighted by atomic mass is 32.1. The van der Waals surface area contributed by atoms with Crippen LogP contribution in [0.25, 0.3) is 10.2 Å². The number of carbonyl (C=O) groups is 1. The first-order valence-electron chi connectivity index (χ1n) is 7.84. The number of nitrogens with one attached hydrogen (secondary N) is 1. The number of amides is 1. The van der Waals surface area contributed by atoms with Crippen LogP contribution in [0.15, 0.2) is 24.3 Å². The summed E-state index contributed by atoms with van der Waals surface area (Å²) < 4.78 is 6.66. The van der Waals surface area contributed by atoms with Crippen LogP contribution in [0.5, 0.6) is 0 Å². The van der Waals surface area contributed by atoms with E-state index in [0.717, 1.165) is 23.6 Å². The highest BCUT2D eigenvalue weighted by molar-refractivity contribution is 7.18. The Bertz CT molecular complexity index is 562. The molecule has 22 heavy (non-hydrogen) atoms. The zero-order valence-corrected chi connectivity index (χ0v) is 14.1. The van der Waals surface area contributed by atoms with Gasteiger partial charge in [-0.25, -0.2) is 4.98 Å². The van der Waals surface area contributed by atoms with Gasteiger partial charge in [-0.2, -0.15) is 0 Å². The fourth-order valence-electron chi connectivity index (χ4n) is 2.06. The van der Waals surface area contributed by atoms with E-state index in [1.54, 1.807) is 11.3 Å². The average Bonchev–Trinajstić information content (AvgIpc) is 2.91. The summed E-state index contributed by atoms with van der Waals surface area (Å²) in [7, 11) is 0. The third-order valence-electron chi connectivity index (χ3n) is 3.14. The molecule has 1 N–H and O–H groups in total. The maximum Gasteiger partial charge on any atom is 0.220 e. The first kappa shape index (κ1) is 16.9. The smallest absolute Gasteiger partial charge is 0.220 e. The summed E-state index contributed by atoms with van der Waals surface area (Å²) in [5, 5.41) is 3.96. The summed E-state index contributed by atoms with van der Waals surface area (Å²) >= 11 is 1.67. The van der Waals surface area contributed by atoms with Gasteiger partial charge in [0.2, 0.25) is 5.91 Å². The predicted octanol–water partition coefficient (Wildman–Crippen LogP) is 3.41. The van der Waals surface area contributed by atoms with E-state index >= 15 is 0 Å². The van der Waals surface area contributed by atoms with Crippen molar-refractivity contribution >= 4 is 27.5 Å². The molecule has 0 aliphatic rings. The van der Waals surface area contributed by atoms with Crippen molar-refractivity contribution in [1.29, 1.82) is 0 Å². The number of benzene rings is 1. The quantitative estimate of drug-likeness (QED) is 0.720. The van der Waals surface area contributed by atoms with Gasteiger partial charge in [-0.05, 0) is 24.5 Å². The molecule has 120 valence electrons. The van der Waals surface area contributed by atoms with Gasteiger partial charge in [-0.3, -0.25) is 4.79 Å². The Labute approximate surface area is 135 Å². The third-order valence-corrected chi connectivity index (χ3v) is 4.24. The fourth-order valence-corrected chi connectivity index (χ4v) is 3.02. The minimum absolute atomic E-state index is 0.0862. The van der Waals surface area contributed by atoms with E-state index < -0.39 is 0 Å². The topological polar surface area (TPSA) is 51.2 Å². The van der Waals surface area contributed by atoms with Gasteiger partial charge in [0.15, 0.2) is 0 Å². The van der Waals surface area contributed by atoms with E-state index in [-0.39, 0.29) is 5.91 Å². The van der Waals surface area contributed by atoms with Gasteiger partial charge in [-0.1, -0.05) is 26.0 Å². The molecule has 0 aliphatic heterocycles. The molecule has 5 heteroatoms. The predicted molar refractivity (Wildman–Crippen MR) is 91.2 cm³/mol. The van der Waals surface area contributed by atoms with E-state index in [2.05, 4.69) is 30.2 Å². The number of hydrogen-bond acceptors (Lipinski definition) is 4. The second-order valence-electron chi connectivity index (χ2n) is 5.75. The van der Waals surface area contributed by atoms with Crippen molar-refractivity contribution in [2.75, 3.05) is 19.8 Å². The second-order valence-corrected chi connectivity index (χ2v) is 6.86. The molecule has 0 aliphatic carbocycles. The van der Waals surface area contributed by atoms with Crippen LogP contribution in [0.3, 0.4) is 0 Å². The van der Waals surface area contributed by atoms with Gasteiger partial charge in [0.25, 0.3) is 0 Å². The zero-order chi connectivity index (χ0) is 15.8. The minimum atomic E-state index is 0.0862. The van der Waals surface area contributed by atoms with Crippen LogP contribution in [0.4, 0.5) is 0 Å². The Balaban J connectivity index is 1.61. The molecule has 1 heterocycles. The molecule has 0 spiro atoms. The van der Waals surface area contributed by atoms with Gasteiger partial charge >= 0.3 is 0 Å². The van der Waals surface area contributed by atoms with Crippen molar-refractivity contribution in [3.8, 4) is 0 Å². The molecule has 0 fully saturated rings. The number of aryl methyl sites for hydroxylation is 1. The Morgan fingerprint density at radius 3 is 2.95 bits per heavy atom. The molecule has 2 aromatic rings. The molecule has 1 aromatic carbocycles. The fraction of sp³-hybridized carbons (Fsp3) is 0.529. The molecule has 0 unspecified atom stereocenters. The number of fused-ring (bicyclic) bond motifs is 1. The van der Waals surface area contributed by atoms with Crippen LogP contribution in [0.2, 0.25) is 0 Å². The molecule has 2 rings (SSSR count). The van der Waals surface area contributed by atoms with Gasteiger partial charge in [0, 0.05) is 32.6 Å². The third kappa shape index (κ3) is 5.73. The van der Waals surface area contributed by atoms with Gasteiger partial charge < -0.3 is 10.1 Å². The number of aromatic nitrogens is 1. The van der Waals surface area contributed by atoms with Crippen molar-refractivity contribution < 1.29 is 9.53 Å². The first-order valence-corrected chi connectivity index (χ1v) is 8.65. The summed E-state index contributed by atoms with van der Waals surface area (Å²) in [6, 6.07) is 8.07. The monoisotopic (exact) mass is 320 g/mol. The normalized spacial score (nSPS) is 11.2. The van der Waals surface area contributed by atoms with Crippen LogP contribution >= 0.6 is 11.3 Å². The molecule has 0 saturated carbocycles. The Hall–Kier alpha value is -1.46. The first-order chi connectivity index (χ1) is 10.6. The molecular weight excluding hydrogens is 296 g/mol. The van der Waals surface area contributed by atoms with Crippen LogP contribution in [0.1, 0.15) is 31.7 Å². The maximum atomic E-state index is 11.8. The highest BCUT2D eigenvalue weighted by Gasteiger charge is 2.06. The van der Waals surface area contributed by atoms with E-state index in [0.29, 0.717) is 31.9 Å². The lowest BCUT2D eigenvalue weighted by atomic mass is 10.2. The van der Waals surface area contributed by atoms with Crippen LogP contribution in [-0.4, -0.2) is 30.6 Å². The van der Waals surface area contributed by atoms with Crippen LogP contribution in [-0.2, 0) is 16.0 Å². The van der Waals surface area contributed by atoms with Crippen molar-refractivity contribution in [3.63, 3.8) is 0 Å². The minimum Gasteiger partial charge on any atom is -0.381 e. The zero-order valence-electron chi connectivity index (χ0n) is 13.3. The molecule has 0 saturated heterocycles. The van der Waals surface area contributed by atoms with Crippen molar-refractivity contribution in [3.05, 3.63) is 29.3 Å². The second kappa shape index (κ2) is 8.86. The van der Waals surface area contributed by atoms with Crippen molar-refractivity contribution in [2.24, 2.45) is 5.92 Å². The molecule has 1 aromatic heterocycles. The number of rotatable bonds is 9. The number of para-hydroxylation sites is 1. The summed E-state index contributed by atoms with van der Waals surface area (Å²) in [6.45, 7) is 6.42. The number of ether oxygens (including phenoxy) is 1. The molecule has 0 bridgehead atoms. The van der Waals surface area contributed by atoms with Gasteiger partial charge in [0.05, 0.1) is 15.2 Å². The van der Waals surface area contributed by atoms with Crippen LogP contribution < -0.4 is 5.32 Å². The summed E-state index contributed by atoms with van der Waals surface area (Å²) in [5.74, 6) is 0.645. The summed E-state index contributed by atoms with van der Waals surface area (Å²) in [5.41, 5.74) is 1.02. The van der Waals surface area contributed by atoms with E-state index in [4.69, 9.17) is 4.74 Å². The van der Waals surface area contributed by atoms with Gasteiger partial charge in [-0.15, -0.1) is 11.3 Å². The van der Waals surface area contributed by atoms with Crippen LogP contribution in [0, 0.1) is 5.92 Å². The molecule has 0 radical (unpaired) electrons. The Morgan fingerprint density at radius 1 is 1.36 bits per heavy atom. The number of carbonyl (C=O) groups excluding carboxylic acids is 1. The van der Waals surface area contributed by atoms with Crippen molar-refractivity contribution in [1.82, 2.24) is 10.3 Å². The standard InChI is InChI=1S/C17H24N2O2S/c1-13(2)12-21-11-5-10-18-16(20)8-9-17-19-14-6-3-4-7-15(14)22-17/h3-4,6-7,13H,5,8-12H2,1-2H3,(H,18,20). The van der Waals surface area contributed by atoms with E-state index in [1.807, 2.05) is 18.2 Å². The van der Waals surface area contributed by atoms with Crippen molar-refractivity contribution in [2.45, 2.75) is 33.1 Å². The Morgan fingerprint density at radius 2 is 2.18 bits per heavy atom. The molecule has 1 amide bonds. The van der Waals surface area contributed by atoms with E-state index in [9.17, 15) is 4.79 Å². The maximum absolute atomic E-state index is 11.8. The number of nitrogens with zero attached hydrogens (tertiary/aromatic N) is 1. The lowest BCUT2D eigenvalue weighted by Gasteiger charge is -2.07. The summed E-state index contributed by atoms with van der Waals surface area (Å²) in [6.07, 6.45) is 2.06. The average molecular weight is 320 g/mol. The van der Waals surface area contributed by atoms with Gasteiger partial charge in [0.1, 0.15) is 0 Å². The number of hydrogen-bond donors (Lipinski definition) is 1.